The Labute approximate surface area is 116 Å². The number of nitrogens with zero attached hydrogens (tertiary/aromatic N) is 1. The van der Waals surface area contributed by atoms with Gasteiger partial charge in [-0.05, 0) is 45.1 Å². The van der Waals surface area contributed by atoms with Crippen molar-refractivity contribution in [1.82, 2.24) is 10.2 Å². The van der Waals surface area contributed by atoms with Gasteiger partial charge in [-0.1, -0.05) is 13.3 Å². The van der Waals surface area contributed by atoms with Crippen molar-refractivity contribution in [3.05, 3.63) is 0 Å². The van der Waals surface area contributed by atoms with Crippen molar-refractivity contribution in [2.24, 2.45) is 5.92 Å². The lowest BCUT2D eigenvalue weighted by molar-refractivity contribution is -0.138. The molecule has 0 aromatic rings. The first-order valence-electron chi connectivity index (χ1n) is 7.88. The number of rotatable bonds is 4. The van der Waals surface area contributed by atoms with Gasteiger partial charge in [0.05, 0.1) is 12.1 Å². The van der Waals surface area contributed by atoms with Gasteiger partial charge in [0.25, 0.3) is 0 Å². The third-order valence-corrected chi connectivity index (χ3v) is 4.48. The monoisotopic (exact) mass is 268 g/mol. The number of likely N-dealkylation sites (tertiary alicyclic amines) is 1. The van der Waals surface area contributed by atoms with E-state index in [2.05, 4.69) is 12.2 Å². The fourth-order valence-corrected chi connectivity index (χ4v) is 3.29. The molecule has 0 aromatic carbocycles. The second-order valence-corrected chi connectivity index (χ2v) is 5.81. The van der Waals surface area contributed by atoms with E-state index in [4.69, 9.17) is 4.74 Å². The first-order chi connectivity index (χ1) is 9.24. The lowest BCUT2D eigenvalue weighted by Gasteiger charge is -2.37. The lowest BCUT2D eigenvalue weighted by Crippen LogP contribution is -2.53. The standard InChI is InChI=1S/C15H28N2O2/c1-3-12-7-8-16-14(10-12)15(18)17-9-5-6-13(11-17)19-4-2/h12-14,16H,3-11H2,1-2H3. The molecule has 1 amide bonds. The van der Waals surface area contributed by atoms with Crippen molar-refractivity contribution in [3.8, 4) is 0 Å². The van der Waals surface area contributed by atoms with E-state index in [-0.39, 0.29) is 12.1 Å². The number of ether oxygens (including phenoxy) is 1. The quantitative estimate of drug-likeness (QED) is 0.845. The van der Waals surface area contributed by atoms with Gasteiger partial charge < -0.3 is 15.0 Å². The van der Waals surface area contributed by atoms with E-state index >= 15 is 0 Å². The zero-order valence-corrected chi connectivity index (χ0v) is 12.4. The van der Waals surface area contributed by atoms with Gasteiger partial charge in [-0.3, -0.25) is 4.79 Å². The van der Waals surface area contributed by atoms with Gasteiger partial charge in [-0.25, -0.2) is 0 Å². The highest BCUT2D eigenvalue weighted by molar-refractivity contribution is 5.82. The molecular weight excluding hydrogens is 240 g/mol. The van der Waals surface area contributed by atoms with Crippen LogP contribution in [0.1, 0.15) is 46.0 Å². The predicted octanol–water partition coefficient (Wildman–Crippen LogP) is 1.79. The average Bonchev–Trinajstić information content (AvgIpc) is 2.47. The van der Waals surface area contributed by atoms with Gasteiger partial charge in [0.2, 0.25) is 5.91 Å². The third kappa shape index (κ3) is 3.93. The molecule has 2 heterocycles. The maximum Gasteiger partial charge on any atom is 0.239 e. The van der Waals surface area contributed by atoms with Crippen LogP contribution < -0.4 is 5.32 Å². The summed E-state index contributed by atoms with van der Waals surface area (Å²) >= 11 is 0. The van der Waals surface area contributed by atoms with E-state index in [0.29, 0.717) is 11.8 Å². The smallest absolute Gasteiger partial charge is 0.239 e. The van der Waals surface area contributed by atoms with Crippen LogP contribution in [0.2, 0.25) is 0 Å². The summed E-state index contributed by atoms with van der Waals surface area (Å²) in [7, 11) is 0. The molecule has 0 aliphatic carbocycles. The lowest BCUT2D eigenvalue weighted by atomic mass is 9.89. The largest absolute Gasteiger partial charge is 0.377 e. The number of piperidine rings is 2. The second-order valence-electron chi connectivity index (χ2n) is 5.81. The highest BCUT2D eigenvalue weighted by Gasteiger charge is 2.32. The van der Waals surface area contributed by atoms with Crippen molar-refractivity contribution in [2.45, 2.75) is 58.1 Å². The van der Waals surface area contributed by atoms with Crippen LogP contribution in [0.5, 0.6) is 0 Å². The molecule has 1 N–H and O–H groups in total. The Morgan fingerprint density at radius 3 is 2.95 bits per heavy atom. The summed E-state index contributed by atoms with van der Waals surface area (Å²) in [4.78, 5) is 14.6. The van der Waals surface area contributed by atoms with E-state index in [9.17, 15) is 4.79 Å². The Bertz CT molecular complexity index is 294. The summed E-state index contributed by atoms with van der Waals surface area (Å²) in [5.74, 6) is 1.00. The molecular formula is C15H28N2O2. The third-order valence-electron chi connectivity index (χ3n) is 4.48. The Morgan fingerprint density at radius 2 is 2.21 bits per heavy atom. The van der Waals surface area contributed by atoms with Gasteiger partial charge in [0.1, 0.15) is 0 Å². The molecule has 0 aromatic heterocycles. The minimum absolute atomic E-state index is 0.0408. The Hall–Kier alpha value is -0.610. The Kier molecular flexibility index (Phi) is 5.64. The second kappa shape index (κ2) is 7.25. The molecule has 0 bridgehead atoms. The van der Waals surface area contributed by atoms with E-state index in [1.807, 2.05) is 11.8 Å². The molecule has 2 fully saturated rings. The van der Waals surface area contributed by atoms with Crippen LogP contribution in [-0.4, -0.2) is 49.2 Å². The summed E-state index contributed by atoms with van der Waals surface area (Å²) < 4.78 is 5.68. The average molecular weight is 268 g/mol. The zero-order chi connectivity index (χ0) is 13.7. The van der Waals surface area contributed by atoms with Crippen molar-refractivity contribution < 1.29 is 9.53 Å². The van der Waals surface area contributed by atoms with Crippen molar-refractivity contribution >= 4 is 5.91 Å². The molecule has 3 unspecified atom stereocenters. The van der Waals surface area contributed by atoms with Crippen LogP contribution in [0.4, 0.5) is 0 Å². The number of carbonyl (C=O) groups excluding carboxylic acids is 1. The van der Waals surface area contributed by atoms with Crippen LogP contribution in [0, 0.1) is 5.92 Å². The predicted molar refractivity (Wildman–Crippen MR) is 76.0 cm³/mol. The fourth-order valence-electron chi connectivity index (χ4n) is 3.29. The molecule has 2 aliphatic rings. The van der Waals surface area contributed by atoms with Gasteiger partial charge in [-0.15, -0.1) is 0 Å². The summed E-state index contributed by atoms with van der Waals surface area (Å²) in [6, 6.07) is 0.0408. The van der Waals surface area contributed by atoms with Crippen LogP contribution in [0.15, 0.2) is 0 Å². The minimum atomic E-state index is 0.0408. The molecule has 0 saturated carbocycles. The van der Waals surface area contributed by atoms with Gasteiger partial charge in [0, 0.05) is 19.7 Å². The SMILES string of the molecule is CCOC1CCCN(C(=O)C2CC(CC)CCN2)C1. The molecule has 4 nitrogen and oxygen atoms in total. The number of hydrogen-bond acceptors (Lipinski definition) is 3. The molecule has 2 rings (SSSR count). The molecule has 2 saturated heterocycles. The first-order valence-corrected chi connectivity index (χ1v) is 7.88. The van der Waals surface area contributed by atoms with Crippen LogP contribution >= 0.6 is 0 Å². The topological polar surface area (TPSA) is 41.6 Å². The maximum absolute atomic E-state index is 12.6. The van der Waals surface area contributed by atoms with Gasteiger partial charge >= 0.3 is 0 Å². The molecule has 4 heteroatoms. The number of nitrogens with one attached hydrogen (secondary N) is 1. The number of carbonyl (C=O) groups is 1. The van der Waals surface area contributed by atoms with E-state index in [1.165, 1.54) is 12.8 Å². The number of hydrogen-bond donors (Lipinski definition) is 1. The minimum Gasteiger partial charge on any atom is -0.377 e. The van der Waals surface area contributed by atoms with Crippen LogP contribution in [0.3, 0.4) is 0 Å². The number of amides is 1. The fraction of sp³-hybridized carbons (Fsp3) is 0.933. The summed E-state index contributed by atoms with van der Waals surface area (Å²) in [5, 5.41) is 3.40. The normalized spacial score (nSPS) is 32.3. The van der Waals surface area contributed by atoms with Crippen LogP contribution in [-0.2, 0) is 9.53 Å². The Morgan fingerprint density at radius 1 is 1.37 bits per heavy atom. The van der Waals surface area contributed by atoms with Gasteiger partial charge in [0.15, 0.2) is 0 Å². The van der Waals surface area contributed by atoms with E-state index < -0.39 is 0 Å². The zero-order valence-electron chi connectivity index (χ0n) is 12.4. The maximum atomic E-state index is 12.6. The molecule has 110 valence electrons. The Balaban J connectivity index is 1.87. The molecule has 0 spiro atoms. The summed E-state index contributed by atoms with van der Waals surface area (Å²) in [6.07, 6.45) is 5.81. The molecule has 0 radical (unpaired) electrons. The van der Waals surface area contributed by atoms with Crippen molar-refractivity contribution in [1.29, 1.82) is 0 Å². The van der Waals surface area contributed by atoms with Crippen molar-refractivity contribution in [3.63, 3.8) is 0 Å². The highest BCUT2D eigenvalue weighted by atomic mass is 16.5. The van der Waals surface area contributed by atoms with Crippen LogP contribution in [0.25, 0.3) is 0 Å². The van der Waals surface area contributed by atoms with Crippen molar-refractivity contribution in [2.75, 3.05) is 26.2 Å². The van der Waals surface area contributed by atoms with E-state index in [0.717, 1.165) is 45.5 Å². The summed E-state index contributed by atoms with van der Waals surface area (Å²) in [6.45, 7) is 7.65. The molecule has 2 aliphatic heterocycles. The van der Waals surface area contributed by atoms with E-state index in [1.54, 1.807) is 0 Å². The molecule has 19 heavy (non-hydrogen) atoms. The highest BCUT2D eigenvalue weighted by Crippen LogP contribution is 2.22. The first kappa shape index (κ1) is 14.8. The van der Waals surface area contributed by atoms with Gasteiger partial charge in [-0.2, -0.15) is 0 Å². The summed E-state index contributed by atoms with van der Waals surface area (Å²) in [5.41, 5.74) is 0. The molecule has 3 atom stereocenters.